The average Bonchev–Trinajstić information content (AvgIpc) is 2.85. The first-order valence-electron chi connectivity index (χ1n) is 6.84. The molecule has 1 fully saturated rings. The number of aliphatic carboxylic acids is 1. The number of nitrogens with zero attached hydrogens (tertiary/aromatic N) is 3. The second-order valence-corrected chi connectivity index (χ2v) is 5.35. The van der Waals surface area contributed by atoms with E-state index in [2.05, 4.69) is 28.9 Å². The summed E-state index contributed by atoms with van der Waals surface area (Å²) in [7, 11) is 0. The van der Waals surface area contributed by atoms with Crippen LogP contribution in [0.3, 0.4) is 0 Å². The number of carbonyl (C=O) groups is 1. The third-order valence-corrected chi connectivity index (χ3v) is 3.66. The molecule has 1 aromatic rings. The van der Waals surface area contributed by atoms with E-state index in [9.17, 15) is 4.79 Å². The van der Waals surface area contributed by atoms with Crippen LogP contribution in [0.15, 0.2) is 4.52 Å². The lowest BCUT2D eigenvalue weighted by atomic mass is 9.96. The Morgan fingerprint density at radius 1 is 1.47 bits per heavy atom. The maximum atomic E-state index is 10.5. The van der Waals surface area contributed by atoms with Gasteiger partial charge in [-0.1, -0.05) is 5.16 Å². The number of hydrogen-bond acceptors (Lipinski definition) is 5. The van der Waals surface area contributed by atoms with Gasteiger partial charge >= 0.3 is 5.97 Å². The Morgan fingerprint density at radius 3 is 2.74 bits per heavy atom. The van der Waals surface area contributed by atoms with Crippen LogP contribution in [0.25, 0.3) is 0 Å². The van der Waals surface area contributed by atoms with E-state index >= 15 is 0 Å². The fraction of sp³-hybridized carbons (Fsp3) is 0.769. The number of piperidine rings is 1. The van der Waals surface area contributed by atoms with Crippen molar-refractivity contribution in [3.8, 4) is 0 Å². The Balaban J connectivity index is 1.88. The lowest BCUT2D eigenvalue weighted by molar-refractivity contribution is -0.137. The predicted molar refractivity (Wildman–Crippen MR) is 68.9 cm³/mol. The molecule has 0 aromatic carbocycles. The van der Waals surface area contributed by atoms with Crippen molar-refractivity contribution in [2.45, 2.75) is 51.5 Å². The minimum absolute atomic E-state index is 0.0464. The van der Waals surface area contributed by atoms with Crippen LogP contribution >= 0.6 is 0 Å². The molecule has 0 atom stereocenters. The number of likely N-dealkylation sites (tertiary alicyclic amines) is 1. The van der Waals surface area contributed by atoms with E-state index in [-0.39, 0.29) is 6.42 Å². The van der Waals surface area contributed by atoms with Crippen molar-refractivity contribution in [1.82, 2.24) is 15.0 Å². The summed E-state index contributed by atoms with van der Waals surface area (Å²) in [6, 6.07) is 0.578. The fourth-order valence-corrected chi connectivity index (χ4v) is 2.42. The molecule has 0 bridgehead atoms. The van der Waals surface area contributed by atoms with E-state index in [1.54, 1.807) is 0 Å². The number of hydrogen-bond donors (Lipinski definition) is 1. The van der Waals surface area contributed by atoms with Gasteiger partial charge in [0.25, 0.3) is 0 Å². The van der Waals surface area contributed by atoms with Gasteiger partial charge in [-0.05, 0) is 39.8 Å². The molecule has 0 radical (unpaired) electrons. The molecule has 0 amide bonds. The topological polar surface area (TPSA) is 79.5 Å². The highest BCUT2D eigenvalue weighted by Crippen LogP contribution is 2.27. The van der Waals surface area contributed by atoms with E-state index in [0.29, 0.717) is 30.1 Å². The summed E-state index contributed by atoms with van der Waals surface area (Å²) in [6.07, 6.45) is 2.44. The van der Waals surface area contributed by atoms with Crippen molar-refractivity contribution in [1.29, 1.82) is 0 Å². The molecule has 0 unspecified atom stereocenters. The smallest absolute Gasteiger partial charge is 0.303 e. The zero-order chi connectivity index (χ0) is 13.8. The van der Waals surface area contributed by atoms with Crippen molar-refractivity contribution in [3.63, 3.8) is 0 Å². The molecule has 0 spiro atoms. The summed E-state index contributed by atoms with van der Waals surface area (Å²) in [5.74, 6) is 0.658. The molecule has 1 aromatic heterocycles. The number of aryl methyl sites for hydroxylation is 1. The number of carboxylic acids is 1. The zero-order valence-corrected chi connectivity index (χ0v) is 11.5. The van der Waals surface area contributed by atoms with Gasteiger partial charge in [0.05, 0.1) is 6.42 Å². The van der Waals surface area contributed by atoms with Gasteiger partial charge < -0.3 is 14.5 Å². The SMILES string of the molecule is CC(C)N1CCC(c2nc(CCC(=O)O)no2)CC1. The quantitative estimate of drug-likeness (QED) is 0.874. The van der Waals surface area contributed by atoms with Crippen LogP contribution in [0.2, 0.25) is 0 Å². The molecule has 1 saturated heterocycles. The van der Waals surface area contributed by atoms with Gasteiger partial charge in [0.15, 0.2) is 5.82 Å². The Labute approximate surface area is 112 Å². The zero-order valence-electron chi connectivity index (χ0n) is 11.5. The standard InChI is InChI=1S/C13H21N3O3/c1-9(2)16-7-5-10(6-8-16)13-14-11(15-19-13)3-4-12(17)18/h9-10H,3-8H2,1-2H3,(H,17,18). The third-order valence-electron chi connectivity index (χ3n) is 3.66. The maximum absolute atomic E-state index is 10.5. The van der Waals surface area contributed by atoms with Gasteiger partial charge in [0, 0.05) is 18.4 Å². The summed E-state index contributed by atoms with van der Waals surface area (Å²) < 4.78 is 5.26. The van der Waals surface area contributed by atoms with Crippen molar-refractivity contribution < 1.29 is 14.4 Å². The Kier molecular flexibility index (Phi) is 4.52. The highest BCUT2D eigenvalue weighted by Gasteiger charge is 2.26. The van der Waals surface area contributed by atoms with Crippen LogP contribution in [0.1, 0.15) is 50.7 Å². The molecule has 19 heavy (non-hydrogen) atoms. The monoisotopic (exact) mass is 267 g/mol. The molecule has 0 aliphatic carbocycles. The molecule has 1 aliphatic heterocycles. The molecule has 1 aliphatic rings. The van der Waals surface area contributed by atoms with Crippen molar-refractivity contribution in [2.24, 2.45) is 0 Å². The van der Waals surface area contributed by atoms with E-state index in [1.165, 1.54) is 0 Å². The number of rotatable bonds is 5. The highest BCUT2D eigenvalue weighted by molar-refractivity contribution is 5.66. The second kappa shape index (κ2) is 6.14. The van der Waals surface area contributed by atoms with Gasteiger partial charge in [0.1, 0.15) is 0 Å². The predicted octanol–water partition coefficient (Wildman–Crippen LogP) is 1.67. The number of carboxylic acid groups (broad SMARTS) is 1. The summed E-state index contributed by atoms with van der Waals surface area (Å²) >= 11 is 0. The van der Waals surface area contributed by atoms with Crippen molar-refractivity contribution >= 4 is 5.97 Å². The molecular formula is C13H21N3O3. The molecule has 1 N–H and O–H groups in total. The first-order valence-corrected chi connectivity index (χ1v) is 6.84. The summed E-state index contributed by atoms with van der Waals surface area (Å²) in [5, 5.41) is 12.5. The van der Waals surface area contributed by atoms with E-state index < -0.39 is 5.97 Å². The lowest BCUT2D eigenvalue weighted by Crippen LogP contribution is -2.37. The molecule has 106 valence electrons. The van der Waals surface area contributed by atoms with Gasteiger partial charge in [-0.2, -0.15) is 4.98 Å². The normalized spacial score (nSPS) is 18.1. The van der Waals surface area contributed by atoms with Crippen LogP contribution in [0.5, 0.6) is 0 Å². The average molecular weight is 267 g/mol. The minimum Gasteiger partial charge on any atom is -0.481 e. The highest BCUT2D eigenvalue weighted by atomic mass is 16.5. The molecule has 2 rings (SSSR count). The lowest BCUT2D eigenvalue weighted by Gasteiger charge is -2.33. The van der Waals surface area contributed by atoms with Gasteiger partial charge in [0.2, 0.25) is 5.89 Å². The number of aromatic nitrogens is 2. The van der Waals surface area contributed by atoms with E-state index in [1.807, 2.05) is 0 Å². The molecule has 6 nitrogen and oxygen atoms in total. The Bertz CT molecular complexity index is 423. The molecule has 6 heteroatoms. The Morgan fingerprint density at radius 2 is 2.16 bits per heavy atom. The molecular weight excluding hydrogens is 246 g/mol. The third kappa shape index (κ3) is 3.76. The Hall–Kier alpha value is -1.43. The van der Waals surface area contributed by atoms with Crippen molar-refractivity contribution in [3.05, 3.63) is 11.7 Å². The minimum atomic E-state index is -0.836. The first-order chi connectivity index (χ1) is 9.06. The van der Waals surface area contributed by atoms with E-state index in [4.69, 9.17) is 9.63 Å². The van der Waals surface area contributed by atoms with Crippen LogP contribution in [0, 0.1) is 0 Å². The second-order valence-electron chi connectivity index (χ2n) is 5.35. The van der Waals surface area contributed by atoms with Gasteiger partial charge in [-0.15, -0.1) is 0 Å². The van der Waals surface area contributed by atoms with Gasteiger partial charge in [-0.25, -0.2) is 0 Å². The van der Waals surface area contributed by atoms with Crippen LogP contribution < -0.4 is 0 Å². The molecule has 2 heterocycles. The summed E-state index contributed by atoms with van der Waals surface area (Å²) in [6.45, 7) is 6.51. The summed E-state index contributed by atoms with van der Waals surface area (Å²) in [5.41, 5.74) is 0. The van der Waals surface area contributed by atoms with Gasteiger partial charge in [-0.3, -0.25) is 4.79 Å². The largest absolute Gasteiger partial charge is 0.481 e. The maximum Gasteiger partial charge on any atom is 0.303 e. The van der Waals surface area contributed by atoms with Crippen LogP contribution in [0.4, 0.5) is 0 Å². The first kappa shape index (κ1) is 14.0. The van der Waals surface area contributed by atoms with Crippen molar-refractivity contribution in [2.75, 3.05) is 13.1 Å². The van der Waals surface area contributed by atoms with E-state index in [0.717, 1.165) is 25.9 Å². The summed E-state index contributed by atoms with van der Waals surface area (Å²) in [4.78, 5) is 17.2. The van der Waals surface area contributed by atoms with Crippen LogP contribution in [-0.2, 0) is 11.2 Å². The van der Waals surface area contributed by atoms with Crippen LogP contribution in [-0.4, -0.2) is 45.2 Å². The fourth-order valence-electron chi connectivity index (χ4n) is 2.42. The molecule has 0 saturated carbocycles.